The van der Waals surface area contributed by atoms with Crippen molar-refractivity contribution in [2.24, 2.45) is 0 Å². The Morgan fingerprint density at radius 3 is 2.90 bits per heavy atom. The van der Waals surface area contributed by atoms with Crippen LogP contribution in [0.15, 0.2) is 36.4 Å². The highest BCUT2D eigenvalue weighted by Gasteiger charge is 2.13. The summed E-state index contributed by atoms with van der Waals surface area (Å²) in [6.45, 7) is 1.74. The first-order chi connectivity index (χ1) is 10.1. The van der Waals surface area contributed by atoms with Crippen LogP contribution in [0.5, 0.6) is 0 Å². The number of benzene rings is 1. The quantitative estimate of drug-likeness (QED) is 0.853. The number of aliphatic hydroxyl groups is 1. The number of aliphatic hydroxyl groups excluding tert-OH is 1. The van der Waals surface area contributed by atoms with E-state index in [-0.39, 0.29) is 18.6 Å². The van der Waals surface area contributed by atoms with Crippen LogP contribution in [-0.2, 0) is 0 Å². The molecule has 1 heterocycles. The molecule has 0 bridgehead atoms. The molecule has 3 nitrogen and oxygen atoms in total. The Balaban J connectivity index is 2.09. The lowest BCUT2D eigenvalue weighted by molar-refractivity contribution is 0.0944. The van der Waals surface area contributed by atoms with Gasteiger partial charge in [-0.3, -0.25) is 4.79 Å². The van der Waals surface area contributed by atoms with Crippen molar-refractivity contribution in [3.63, 3.8) is 0 Å². The third-order valence-electron chi connectivity index (χ3n) is 2.84. The standard InChI is InChI=1S/C16H14ClNO2S/c1-11(18-16(20)14-7-8-15(17)21-14)13-6-2-4-12(10-13)5-3-9-19/h2,4,6-8,10-11,19H,9H2,1H3,(H,18,20). The lowest BCUT2D eigenvalue weighted by Gasteiger charge is -2.14. The molecule has 0 aliphatic rings. The molecule has 2 aromatic rings. The van der Waals surface area contributed by atoms with Gasteiger partial charge in [-0.2, -0.15) is 0 Å². The van der Waals surface area contributed by atoms with Gasteiger partial charge >= 0.3 is 0 Å². The number of rotatable bonds is 3. The van der Waals surface area contributed by atoms with Crippen LogP contribution in [0, 0.1) is 11.8 Å². The van der Waals surface area contributed by atoms with Crippen LogP contribution in [0.3, 0.4) is 0 Å². The van der Waals surface area contributed by atoms with E-state index >= 15 is 0 Å². The molecule has 0 aliphatic carbocycles. The van der Waals surface area contributed by atoms with Gasteiger partial charge in [0.2, 0.25) is 0 Å². The van der Waals surface area contributed by atoms with Crippen LogP contribution in [-0.4, -0.2) is 17.6 Å². The van der Waals surface area contributed by atoms with E-state index in [0.29, 0.717) is 9.21 Å². The van der Waals surface area contributed by atoms with Crippen molar-refractivity contribution in [2.75, 3.05) is 6.61 Å². The molecule has 0 saturated carbocycles. The molecule has 0 saturated heterocycles. The minimum atomic E-state index is -0.171. The molecule has 0 fully saturated rings. The predicted molar refractivity (Wildman–Crippen MR) is 85.6 cm³/mol. The molecule has 108 valence electrons. The molecule has 1 amide bonds. The minimum Gasteiger partial charge on any atom is -0.384 e. The van der Waals surface area contributed by atoms with Crippen LogP contribution in [0.4, 0.5) is 0 Å². The lowest BCUT2D eigenvalue weighted by atomic mass is 10.1. The van der Waals surface area contributed by atoms with Crippen molar-refractivity contribution < 1.29 is 9.90 Å². The highest BCUT2D eigenvalue weighted by molar-refractivity contribution is 7.17. The molecule has 2 N–H and O–H groups in total. The number of amides is 1. The second kappa shape index (κ2) is 7.28. The summed E-state index contributed by atoms with van der Waals surface area (Å²) in [5, 5.41) is 11.6. The number of hydrogen-bond donors (Lipinski definition) is 2. The SMILES string of the molecule is CC(NC(=O)c1ccc(Cl)s1)c1cccc(C#CCO)c1. The molecule has 0 aliphatic heterocycles. The first-order valence-corrected chi connectivity index (χ1v) is 7.55. The largest absolute Gasteiger partial charge is 0.384 e. The van der Waals surface area contributed by atoms with Gasteiger partial charge in [-0.1, -0.05) is 35.6 Å². The molecule has 5 heteroatoms. The number of carbonyl (C=O) groups is 1. The van der Waals surface area contributed by atoms with Crippen molar-refractivity contribution in [3.05, 3.63) is 56.7 Å². The molecule has 1 aromatic heterocycles. The van der Waals surface area contributed by atoms with Crippen LogP contribution in [0.25, 0.3) is 0 Å². The number of halogens is 1. The molecular weight excluding hydrogens is 306 g/mol. The molecule has 21 heavy (non-hydrogen) atoms. The summed E-state index contributed by atoms with van der Waals surface area (Å²) < 4.78 is 0.592. The predicted octanol–water partition coefficient (Wildman–Crippen LogP) is 3.24. The van der Waals surface area contributed by atoms with Gasteiger partial charge < -0.3 is 10.4 Å². The maximum atomic E-state index is 12.1. The van der Waals surface area contributed by atoms with Gasteiger partial charge in [-0.05, 0) is 36.8 Å². The van der Waals surface area contributed by atoms with Gasteiger partial charge in [0.05, 0.1) is 15.3 Å². The van der Waals surface area contributed by atoms with Crippen molar-refractivity contribution >= 4 is 28.8 Å². The topological polar surface area (TPSA) is 49.3 Å². The van der Waals surface area contributed by atoms with E-state index in [0.717, 1.165) is 11.1 Å². The highest BCUT2D eigenvalue weighted by Crippen LogP contribution is 2.22. The number of carbonyl (C=O) groups excluding carboxylic acids is 1. The lowest BCUT2D eigenvalue weighted by Crippen LogP contribution is -2.25. The molecule has 1 aromatic carbocycles. The van der Waals surface area contributed by atoms with Crippen LogP contribution in [0.1, 0.15) is 33.8 Å². The van der Waals surface area contributed by atoms with Crippen molar-refractivity contribution in [2.45, 2.75) is 13.0 Å². The van der Waals surface area contributed by atoms with Gasteiger partial charge in [0.25, 0.3) is 5.91 Å². The summed E-state index contributed by atoms with van der Waals surface area (Å²) in [5.41, 5.74) is 1.76. The Bertz CT molecular complexity index is 700. The number of hydrogen-bond acceptors (Lipinski definition) is 3. The van der Waals surface area contributed by atoms with Gasteiger partial charge in [0.1, 0.15) is 6.61 Å². The van der Waals surface area contributed by atoms with Gasteiger partial charge in [-0.25, -0.2) is 0 Å². The normalized spacial score (nSPS) is 11.4. The second-order valence-electron chi connectivity index (χ2n) is 4.38. The first-order valence-electron chi connectivity index (χ1n) is 6.36. The maximum absolute atomic E-state index is 12.1. The Hall–Kier alpha value is -1.80. The fourth-order valence-electron chi connectivity index (χ4n) is 1.81. The zero-order valence-corrected chi connectivity index (χ0v) is 13.0. The zero-order valence-electron chi connectivity index (χ0n) is 11.4. The van der Waals surface area contributed by atoms with E-state index in [1.807, 2.05) is 31.2 Å². The van der Waals surface area contributed by atoms with Crippen molar-refractivity contribution in [1.82, 2.24) is 5.32 Å². The number of nitrogens with one attached hydrogen (secondary N) is 1. The Morgan fingerprint density at radius 1 is 1.43 bits per heavy atom. The van der Waals surface area contributed by atoms with Gasteiger partial charge in [0.15, 0.2) is 0 Å². The van der Waals surface area contributed by atoms with Crippen LogP contribution < -0.4 is 5.32 Å². The minimum absolute atomic E-state index is 0.144. The molecule has 2 rings (SSSR count). The van der Waals surface area contributed by atoms with E-state index in [1.54, 1.807) is 12.1 Å². The van der Waals surface area contributed by atoms with Crippen LogP contribution >= 0.6 is 22.9 Å². The molecule has 1 unspecified atom stereocenters. The Morgan fingerprint density at radius 2 is 2.24 bits per heavy atom. The van der Waals surface area contributed by atoms with Gasteiger partial charge in [-0.15, -0.1) is 11.3 Å². The third-order valence-corrected chi connectivity index (χ3v) is 4.07. The second-order valence-corrected chi connectivity index (χ2v) is 6.10. The fourth-order valence-corrected chi connectivity index (χ4v) is 2.76. The Kier molecular flexibility index (Phi) is 5.40. The number of thiophene rings is 1. The molecule has 1 atom stereocenters. The van der Waals surface area contributed by atoms with E-state index in [4.69, 9.17) is 16.7 Å². The average Bonchev–Trinajstić information content (AvgIpc) is 2.92. The summed E-state index contributed by atoms with van der Waals surface area (Å²) in [7, 11) is 0. The molecular formula is C16H14ClNO2S. The molecule has 0 spiro atoms. The summed E-state index contributed by atoms with van der Waals surface area (Å²) in [6.07, 6.45) is 0. The van der Waals surface area contributed by atoms with E-state index < -0.39 is 0 Å². The summed E-state index contributed by atoms with van der Waals surface area (Å²) in [4.78, 5) is 12.7. The summed E-state index contributed by atoms with van der Waals surface area (Å²) in [6, 6.07) is 10.8. The molecule has 0 radical (unpaired) electrons. The monoisotopic (exact) mass is 319 g/mol. The highest BCUT2D eigenvalue weighted by atomic mass is 35.5. The Labute approximate surface area is 132 Å². The van der Waals surface area contributed by atoms with Gasteiger partial charge in [0, 0.05) is 5.56 Å². The first kappa shape index (κ1) is 15.6. The van der Waals surface area contributed by atoms with E-state index in [2.05, 4.69) is 17.2 Å². The van der Waals surface area contributed by atoms with Crippen molar-refractivity contribution in [1.29, 1.82) is 0 Å². The van der Waals surface area contributed by atoms with E-state index in [1.165, 1.54) is 11.3 Å². The fraction of sp³-hybridized carbons (Fsp3) is 0.188. The van der Waals surface area contributed by atoms with Crippen LogP contribution in [0.2, 0.25) is 4.34 Å². The average molecular weight is 320 g/mol. The maximum Gasteiger partial charge on any atom is 0.261 e. The third kappa shape index (κ3) is 4.33. The van der Waals surface area contributed by atoms with E-state index in [9.17, 15) is 4.79 Å². The summed E-state index contributed by atoms with van der Waals surface area (Å²) >= 11 is 7.08. The van der Waals surface area contributed by atoms with Crippen molar-refractivity contribution in [3.8, 4) is 11.8 Å². The smallest absolute Gasteiger partial charge is 0.261 e. The zero-order chi connectivity index (χ0) is 15.2. The summed E-state index contributed by atoms with van der Waals surface area (Å²) in [5.74, 6) is 5.31.